The molecule has 1 unspecified atom stereocenters. The van der Waals surface area contributed by atoms with Crippen molar-refractivity contribution < 1.29 is 23.1 Å². The monoisotopic (exact) mass is 318 g/mol. The summed E-state index contributed by atoms with van der Waals surface area (Å²) in [7, 11) is -3.27. The minimum absolute atomic E-state index is 0.0831. The van der Waals surface area contributed by atoms with Crippen LogP contribution in [0.3, 0.4) is 0 Å². The van der Waals surface area contributed by atoms with Crippen LogP contribution in [-0.4, -0.2) is 60.9 Å². The number of amides is 1. The molecule has 7 nitrogen and oxygen atoms in total. The predicted octanol–water partition coefficient (Wildman–Crippen LogP) is -0.394. The Kier molecular flexibility index (Phi) is 4.57. The lowest BCUT2D eigenvalue weighted by molar-refractivity contribution is -0.141. The number of sulfone groups is 1. The molecule has 1 amide bonds. The van der Waals surface area contributed by atoms with E-state index in [0.29, 0.717) is 13.0 Å². The van der Waals surface area contributed by atoms with E-state index >= 15 is 0 Å². The van der Waals surface area contributed by atoms with Crippen LogP contribution >= 0.6 is 0 Å². The Morgan fingerprint density at radius 3 is 2.48 bits per heavy atom. The van der Waals surface area contributed by atoms with Gasteiger partial charge < -0.3 is 15.7 Å². The number of carboxylic acids is 1. The van der Waals surface area contributed by atoms with Crippen LogP contribution in [0.1, 0.15) is 32.1 Å². The molecule has 120 valence electrons. The van der Waals surface area contributed by atoms with Gasteiger partial charge in [0.15, 0.2) is 9.84 Å². The van der Waals surface area contributed by atoms with Gasteiger partial charge in [0.2, 0.25) is 5.91 Å². The third-order valence-corrected chi connectivity index (χ3v) is 6.33. The first kappa shape index (κ1) is 16.2. The highest BCUT2D eigenvalue weighted by atomic mass is 32.2. The van der Waals surface area contributed by atoms with Gasteiger partial charge >= 0.3 is 5.97 Å². The predicted molar refractivity (Wildman–Crippen MR) is 76.4 cm³/mol. The molecule has 0 radical (unpaired) electrons. The normalized spacial score (nSPS) is 26.9. The van der Waals surface area contributed by atoms with Gasteiger partial charge in [0.25, 0.3) is 0 Å². The van der Waals surface area contributed by atoms with E-state index in [1.807, 2.05) is 0 Å². The van der Waals surface area contributed by atoms with Crippen molar-refractivity contribution in [1.29, 1.82) is 0 Å². The summed E-state index contributed by atoms with van der Waals surface area (Å²) in [6.07, 6.45) is 2.83. The van der Waals surface area contributed by atoms with E-state index in [4.69, 9.17) is 10.8 Å². The number of rotatable bonds is 5. The Bertz CT molecular complexity index is 521. The molecule has 1 aliphatic heterocycles. The van der Waals surface area contributed by atoms with Crippen LogP contribution in [0.15, 0.2) is 0 Å². The quantitative estimate of drug-likeness (QED) is 0.712. The van der Waals surface area contributed by atoms with Crippen molar-refractivity contribution in [3.05, 3.63) is 0 Å². The van der Waals surface area contributed by atoms with Crippen molar-refractivity contribution in [2.45, 2.75) is 38.1 Å². The minimum Gasteiger partial charge on any atom is -0.481 e. The van der Waals surface area contributed by atoms with Gasteiger partial charge in [0.1, 0.15) is 0 Å². The van der Waals surface area contributed by atoms with Crippen LogP contribution in [0.2, 0.25) is 0 Å². The molecule has 0 aromatic carbocycles. The molecule has 1 saturated carbocycles. The van der Waals surface area contributed by atoms with Crippen molar-refractivity contribution in [2.75, 3.05) is 24.6 Å². The van der Waals surface area contributed by atoms with Crippen LogP contribution < -0.4 is 5.73 Å². The van der Waals surface area contributed by atoms with E-state index in [2.05, 4.69) is 0 Å². The maximum Gasteiger partial charge on any atom is 0.305 e. The smallest absolute Gasteiger partial charge is 0.305 e. The largest absolute Gasteiger partial charge is 0.481 e. The first-order chi connectivity index (χ1) is 9.77. The highest BCUT2D eigenvalue weighted by Gasteiger charge is 2.41. The summed E-state index contributed by atoms with van der Waals surface area (Å²) in [4.78, 5) is 24.8. The molecule has 0 aromatic heterocycles. The van der Waals surface area contributed by atoms with Crippen molar-refractivity contribution in [2.24, 2.45) is 11.1 Å². The fourth-order valence-electron chi connectivity index (χ4n) is 3.14. The van der Waals surface area contributed by atoms with Crippen LogP contribution in [0.25, 0.3) is 0 Å². The first-order valence-electron chi connectivity index (χ1n) is 7.19. The highest BCUT2D eigenvalue weighted by molar-refractivity contribution is 7.91. The molecule has 1 saturated heterocycles. The Labute approximate surface area is 124 Å². The maximum absolute atomic E-state index is 12.5. The van der Waals surface area contributed by atoms with E-state index in [9.17, 15) is 18.0 Å². The van der Waals surface area contributed by atoms with Gasteiger partial charge in [0.05, 0.1) is 24.0 Å². The summed E-state index contributed by atoms with van der Waals surface area (Å²) in [5, 5.41) is 8.92. The van der Waals surface area contributed by atoms with Crippen LogP contribution in [0.4, 0.5) is 0 Å². The molecule has 2 aliphatic rings. The fourth-order valence-corrected chi connectivity index (χ4v) is 4.66. The molecular weight excluding hydrogens is 296 g/mol. The van der Waals surface area contributed by atoms with Gasteiger partial charge in [-0.2, -0.15) is 0 Å². The van der Waals surface area contributed by atoms with Crippen molar-refractivity contribution in [3.8, 4) is 0 Å². The van der Waals surface area contributed by atoms with Crippen LogP contribution in [0.5, 0.6) is 0 Å². The van der Waals surface area contributed by atoms with E-state index in [1.165, 1.54) is 4.90 Å². The summed E-state index contributed by atoms with van der Waals surface area (Å²) in [6.45, 7) is 0.522. The number of carbonyl (C=O) groups is 2. The molecule has 0 bridgehead atoms. The third-order valence-electron chi connectivity index (χ3n) is 4.63. The second-order valence-corrected chi connectivity index (χ2v) is 8.42. The van der Waals surface area contributed by atoms with Crippen LogP contribution in [0, 0.1) is 5.41 Å². The van der Waals surface area contributed by atoms with Gasteiger partial charge in [-0.25, -0.2) is 8.42 Å². The minimum atomic E-state index is -3.27. The summed E-state index contributed by atoms with van der Waals surface area (Å²) in [5.41, 5.74) is 5.58. The van der Waals surface area contributed by atoms with Crippen molar-refractivity contribution in [1.82, 2.24) is 4.90 Å². The van der Waals surface area contributed by atoms with E-state index < -0.39 is 21.8 Å². The van der Waals surface area contributed by atoms with Crippen molar-refractivity contribution in [3.63, 3.8) is 0 Å². The summed E-state index contributed by atoms with van der Waals surface area (Å²) in [6, 6.07) is -0.761. The average molecular weight is 318 g/mol. The molecule has 8 heteroatoms. The molecule has 1 aliphatic carbocycles. The SMILES string of the molecule is NCC1(CC(=O)N2CCS(=O)(=O)CC2CC(=O)O)CCC1. The highest BCUT2D eigenvalue weighted by Crippen LogP contribution is 2.43. The number of nitrogens with zero attached hydrogens (tertiary/aromatic N) is 1. The number of hydrogen-bond acceptors (Lipinski definition) is 5. The third kappa shape index (κ3) is 3.74. The zero-order valence-electron chi connectivity index (χ0n) is 12.0. The molecule has 0 aromatic rings. The lowest BCUT2D eigenvalue weighted by Crippen LogP contribution is -2.53. The zero-order chi connectivity index (χ0) is 15.7. The number of nitrogens with two attached hydrogens (primary N) is 1. The van der Waals surface area contributed by atoms with Gasteiger partial charge in [0, 0.05) is 13.0 Å². The second-order valence-electron chi connectivity index (χ2n) is 6.19. The summed E-state index contributed by atoms with van der Waals surface area (Å²) in [5.74, 6) is -1.61. The Morgan fingerprint density at radius 1 is 1.33 bits per heavy atom. The number of hydrogen-bond donors (Lipinski definition) is 2. The maximum atomic E-state index is 12.5. The number of carbonyl (C=O) groups excluding carboxylic acids is 1. The molecule has 1 atom stereocenters. The van der Waals surface area contributed by atoms with Gasteiger partial charge in [-0.05, 0) is 24.8 Å². The van der Waals surface area contributed by atoms with E-state index in [1.54, 1.807) is 0 Å². The molecule has 0 spiro atoms. The number of aliphatic carboxylic acids is 1. The molecular formula is C13H22N2O5S. The molecule has 21 heavy (non-hydrogen) atoms. The second kappa shape index (κ2) is 5.92. The fraction of sp³-hybridized carbons (Fsp3) is 0.846. The topological polar surface area (TPSA) is 118 Å². The lowest BCUT2D eigenvalue weighted by atomic mass is 9.66. The summed E-state index contributed by atoms with van der Waals surface area (Å²) >= 11 is 0. The standard InChI is InChI=1S/C13H22N2O5S/c14-9-13(2-1-3-13)7-11(16)15-4-5-21(19,20)8-10(15)6-12(17)18/h10H,1-9,14H2,(H,17,18). The molecule has 3 N–H and O–H groups in total. The molecule has 1 heterocycles. The van der Waals surface area contributed by atoms with Gasteiger partial charge in [-0.15, -0.1) is 0 Å². The van der Waals surface area contributed by atoms with Crippen LogP contribution in [-0.2, 0) is 19.4 Å². The van der Waals surface area contributed by atoms with Gasteiger partial charge in [-0.1, -0.05) is 6.42 Å². The number of carboxylic acid groups (broad SMARTS) is 1. The van der Waals surface area contributed by atoms with Gasteiger partial charge in [-0.3, -0.25) is 9.59 Å². The first-order valence-corrected chi connectivity index (χ1v) is 9.01. The summed E-state index contributed by atoms with van der Waals surface area (Å²) < 4.78 is 23.3. The molecule has 2 rings (SSSR count). The van der Waals surface area contributed by atoms with Crippen molar-refractivity contribution >= 4 is 21.7 Å². The Hall–Kier alpha value is -1.15. The van der Waals surface area contributed by atoms with E-state index in [-0.39, 0.29) is 35.8 Å². The lowest BCUT2D eigenvalue weighted by Gasteiger charge is -2.43. The Balaban J connectivity index is 2.08. The average Bonchev–Trinajstić information content (AvgIpc) is 2.31. The zero-order valence-corrected chi connectivity index (χ0v) is 12.8. The Morgan fingerprint density at radius 2 is 2.00 bits per heavy atom. The van der Waals surface area contributed by atoms with E-state index in [0.717, 1.165) is 19.3 Å². The molecule has 2 fully saturated rings.